The molecule has 3 heteroatoms. The first-order valence-corrected chi connectivity index (χ1v) is 3.84. The molecule has 2 heterocycles. The molecule has 12 heavy (non-hydrogen) atoms. The lowest BCUT2D eigenvalue weighted by Crippen LogP contribution is -1.70. The van der Waals surface area contributed by atoms with Gasteiger partial charge in [0, 0.05) is 23.2 Å². The van der Waals surface area contributed by atoms with E-state index in [2.05, 4.69) is 27.3 Å². The second kappa shape index (κ2) is 1.88. The maximum atomic E-state index is 4.28. The highest BCUT2D eigenvalue weighted by Crippen LogP contribution is 2.21. The van der Waals surface area contributed by atoms with E-state index < -0.39 is 0 Å². The number of nitrogens with one attached hydrogen (secondary N) is 2. The molecule has 0 atom stereocenters. The van der Waals surface area contributed by atoms with E-state index in [4.69, 9.17) is 0 Å². The summed E-state index contributed by atoms with van der Waals surface area (Å²) in [6, 6.07) is 6.13. The molecule has 0 radical (unpaired) electrons. The van der Waals surface area contributed by atoms with Crippen molar-refractivity contribution in [3.05, 3.63) is 30.6 Å². The number of hydrogen-bond acceptors (Lipinski definition) is 1. The highest BCUT2D eigenvalue weighted by atomic mass is 15.1. The Kier molecular flexibility index (Phi) is 0.913. The zero-order chi connectivity index (χ0) is 7.97. The van der Waals surface area contributed by atoms with Crippen LogP contribution in [0.1, 0.15) is 0 Å². The molecule has 3 aromatic rings. The van der Waals surface area contributed by atoms with Crippen molar-refractivity contribution in [1.82, 2.24) is 15.2 Å². The van der Waals surface area contributed by atoms with Crippen molar-refractivity contribution in [1.29, 1.82) is 0 Å². The standard InChI is InChI=1S/C9H7N3/c1-2-8-7(5-11-12-8)9-6(1)3-4-10-9/h1-5,11-12H. The molecule has 0 saturated carbocycles. The zero-order valence-corrected chi connectivity index (χ0v) is 6.33. The molecule has 0 spiro atoms. The first-order chi connectivity index (χ1) is 5.95. The monoisotopic (exact) mass is 157 g/mol. The van der Waals surface area contributed by atoms with Crippen molar-refractivity contribution in [2.45, 2.75) is 0 Å². The van der Waals surface area contributed by atoms with Crippen LogP contribution >= 0.6 is 0 Å². The van der Waals surface area contributed by atoms with Gasteiger partial charge in [-0.1, -0.05) is 6.07 Å². The van der Waals surface area contributed by atoms with E-state index in [9.17, 15) is 0 Å². The molecular formula is C9H7N3. The van der Waals surface area contributed by atoms with Crippen molar-refractivity contribution < 1.29 is 0 Å². The van der Waals surface area contributed by atoms with Gasteiger partial charge in [-0.3, -0.25) is 4.98 Å². The maximum Gasteiger partial charge on any atom is 0.0811 e. The molecule has 0 saturated heterocycles. The van der Waals surface area contributed by atoms with E-state index in [1.54, 1.807) is 0 Å². The van der Waals surface area contributed by atoms with E-state index in [1.807, 2.05) is 18.5 Å². The largest absolute Gasteiger partial charge is 0.307 e. The molecule has 0 aliphatic heterocycles. The fourth-order valence-corrected chi connectivity index (χ4v) is 1.54. The van der Waals surface area contributed by atoms with Gasteiger partial charge < -0.3 is 10.2 Å². The highest BCUT2D eigenvalue weighted by molar-refractivity contribution is 6.03. The average molecular weight is 157 g/mol. The number of aromatic amines is 2. The van der Waals surface area contributed by atoms with Crippen LogP contribution in [-0.4, -0.2) is 15.2 Å². The lowest BCUT2D eigenvalue weighted by molar-refractivity contribution is 1.12. The van der Waals surface area contributed by atoms with Crippen molar-refractivity contribution in [2.24, 2.45) is 0 Å². The molecule has 2 N–H and O–H groups in total. The summed E-state index contributed by atoms with van der Waals surface area (Å²) in [5.41, 5.74) is 2.16. The molecule has 0 amide bonds. The second-order valence-electron chi connectivity index (χ2n) is 2.82. The SMILES string of the molecule is c1cc2ccc3[nH][nH]cc3c2n1. The van der Waals surface area contributed by atoms with E-state index in [0.29, 0.717) is 0 Å². The summed E-state index contributed by atoms with van der Waals surface area (Å²) in [5, 5.41) is 8.33. The predicted octanol–water partition coefficient (Wildman–Crippen LogP) is 2.04. The van der Waals surface area contributed by atoms with Crippen LogP contribution < -0.4 is 0 Å². The summed E-state index contributed by atoms with van der Waals surface area (Å²) in [6.07, 6.45) is 3.77. The summed E-state index contributed by atoms with van der Waals surface area (Å²) in [4.78, 5) is 4.28. The summed E-state index contributed by atoms with van der Waals surface area (Å²) in [7, 11) is 0. The van der Waals surface area contributed by atoms with Gasteiger partial charge in [0.1, 0.15) is 0 Å². The summed E-state index contributed by atoms with van der Waals surface area (Å²) >= 11 is 0. The molecule has 0 aliphatic rings. The maximum absolute atomic E-state index is 4.28. The third-order valence-electron chi connectivity index (χ3n) is 2.13. The van der Waals surface area contributed by atoms with E-state index in [0.717, 1.165) is 16.4 Å². The van der Waals surface area contributed by atoms with Gasteiger partial charge in [-0.15, -0.1) is 0 Å². The van der Waals surface area contributed by atoms with Gasteiger partial charge >= 0.3 is 0 Å². The lowest BCUT2D eigenvalue weighted by atomic mass is 10.2. The number of fused-ring (bicyclic) bond motifs is 3. The number of benzene rings is 1. The minimum absolute atomic E-state index is 1.06. The molecule has 58 valence electrons. The Morgan fingerprint density at radius 2 is 2.17 bits per heavy atom. The average Bonchev–Trinajstić information content (AvgIpc) is 2.71. The Bertz CT molecular complexity index is 483. The minimum Gasteiger partial charge on any atom is -0.307 e. The molecule has 3 nitrogen and oxygen atoms in total. The molecular weight excluding hydrogens is 150 g/mol. The molecule has 0 unspecified atom stereocenters. The first kappa shape index (κ1) is 5.83. The molecule has 0 fully saturated rings. The van der Waals surface area contributed by atoms with Gasteiger partial charge in [0.15, 0.2) is 0 Å². The van der Waals surface area contributed by atoms with Crippen molar-refractivity contribution in [3.8, 4) is 0 Å². The topological polar surface area (TPSA) is 44.5 Å². The van der Waals surface area contributed by atoms with E-state index >= 15 is 0 Å². The molecule has 0 aliphatic carbocycles. The van der Waals surface area contributed by atoms with Gasteiger partial charge in [0.2, 0.25) is 0 Å². The third-order valence-corrected chi connectivity index (χ3v) is 2.13. The second-order valence-corrected chi connectivity index (χ2v) is 2.82. The van der Waals surface area contributed by atoms with E-state index in [-0.39, 0.29) is 0 Å². The van der Waals surface area contributed by atoms with Crippen molar-refractivity contribution in [3.63, 3.8) is 0 Å². The molecule has 3 rings (SSSR count). The fourth-order valence-electron chi connectivity index (χ4n) is 1.54. The highest BCUT2D eigenvalue weighted by Gasteiger charge is 2.01. The van der Waals surface area contributed by atoms with Crippen LogP contribution in [0, 0.1) is 0 Å². The van der Waals surface area contributed by atoms with Gasteiger partial charge in [0.05, 0.1) is 11.0 Å². The van der Waals surface area contributed by atoms with Crippen LogP contribution in [0.15, 0.2) is 30.6 Å². The fraction of sp³-hybridized carbons (Fsp3) is 0. The number of H-pyrrole nitrogens is 2. The molecule has 1 aromatic carbocycles. The van der Waals surface area contributed by atoms with Gasteiger partial charge in [-0.05, 0) is 12.1 Å². The van der Waals surface area contributed by atoms with Crippen LogP contribution in [0.25, 0.3) is 21.8 Å². The van der Waals surface area contributed by atoms with Crippen LogP contribution in [0.3, 0.4) is 0 Å². The van der Waals surface area contributed by atoms with Gasteiger partial charge in [0.25, 0.3) is 0 Å². The van der Waals surface area contributed by atoms with Crippen molar-refractivity contribution >= 4 is 21.8 Å². The predicted molar refractivity (Wildman–Crippen MR) is 48.0 cm³/mol. The van der Waals surface area contributed by atoms with Crippen LogP contribution in [0.2, 0.25) is 0 Å². The Morgan fingerprint density at radius 1 is 1.17 bits per heavy atom. The van der Waals surface area contributed by atoms with Gasteiger partial charge in [-0.2, -0.15) is 0 Å². The zero-order valence-electron chi connectivity index (χ0n) is 6.33. The van der Waals surface area contributed by atoms with Crippen LogP contribution in [0.4, 0.5) is 0 Å². The Balaban J connectivity index is 2.71. The quantitative estimate of drug-likeness (QED) is 0.515. The summed E-state index contributed by atoms with van der Waals surface area (Å²) in [5.74, 6) is 0. The van der Waals surface area contributed by atoms with E-state index in [1.165, 1.54) is 5.39 Å². The Labute approximate surface area is 68.4 Å². The smallest absolute Gasteiger partial charge is 0.0811 e. The normalized spacial score (nSPS) is 11.3. The van der Waals surface area contributed by atoms with Crippen LogP contribution in [0.5, 0.6) is 0 Å². The van der Waals surface area contributed by atoms with Crippen LogP contribution in [-0.2, 0) is 0 Å². The number of rotatable bonds is 0. The molecule has 0 bridgehead atoms. The first-order valence-electron chi connectivity index (χ1n) is 3.84. The third kappa shape index (κ3) is 0.580. The summed E-state index contributed by atoms with van der Waals surface area (Å²) in [6.45, 7) is 0. The number of nitrogens with zero attached hydrogens (tertiary/aromatic N) is 1. The van der Waals surface area contributed by atoms with Gasteiger partial charge in [-0.25, -0.2) is 0 Å². The lowest BCUT2D eigenvalue weighted by Gasteiger charge is -1.89. The van der Waals surface area contributed by atoms with Crippen molar-refractivity contribution in [2.75, 3.05) is 0 Å². The Morgan fingerprint density at radius 3 is 3.17 bits per heavy atom. The number of aromatic nitrogens is 3. The minimum atomic E-state index is 1.06. The summed E-state index contributed by atoms with van der Waals surface area (Å²) < 4.78 is 0. The molecule has 2 aromatic heterocycles. The number of hydrogen-bond donors (Lipinski definition) is 2. The Hall–Kier alpha value is -1.77.